The normalized spacial score (nSPS) is 15.2. The number of rotatable bonds is 4. The monoisotopic (exact) mass is 248 g/mol. The first-order chi connectivity index (χ1) is 8.65. The first-order valence-corrected chi connectivity index (χ1v) is 6.71. The number of amides is 1. The number of hydrogen-bond acceptors (Lipinski definition) is 2. The van der Waals surface area contributed by atoms with Crippen LogP contribution in [0.4, 0.5) is 0 Å². The van der Waals surface area contributed by atoms with Crippen LogP contribution in [-0.4, -0.2) is 16.9 Å². The van der Waals surface area contributed by atoms with Crippen molar-refractivity contribution < 1.29 is 4.79 Å². The van der Waals surface area contributed by atoms with E-state index in [0.29, 0.717) is 0 Å². The van der Waals surface area contributed by atoms with E-state index in [1.807, 2.05) is 13.8 Å². The third-order valence-electron chi connectivity index (χ3n) is 3.63. The highest BCUT2D eigenvalue weighted by Gasteiger charge is 2.22. The van der Waals surface area contributed by atoms with Crippen LogP contribution in [-0.2, 0) is 12.8 Å². The van der Waals surface area contributed by atoms with E-state index >= 15 is 0 Å². The van der Waals surface area contributed by atoms with Crippen LogP contribution in [0.15, 0.2) is 10.9 Å². The van der Waals surface area contributed by atoms with Crippen molar-refractivity contribution in [3.05, 3.63) is 33.2 Å². The molecule has 1 fully saturated rings. The summed E-state index contributed by atoms with van der Waals surface area (Å²) in [6.45, 7) is 4.03. The molecule has 1 aliphatic rings. The number of H-pyrrole nitrogens is 1. The molecular weight excluding hydrogens is 228 g/mol. The van der Waals surface area contributed by atoms with Gasteiger partial charge in [0.1, 0.15) is 5.56 Å². The van der Waals surface area contributed by atoms with Gasteiger partial charge in [-0.15, -0.1) is 0 Å². The third-order valence-corrected chi connectivity index (χ3v) is 3.63. The minimum atomic E-state index is -0.277. The first kappa shape index (κ1) is 12.9. The Morgan fingerprint density at radius 3 is 2.61 bits per heavy atom. The molecule has 18 heavy (non-hydrogen) atoms. The van der Waals surface area contributed by atoms with Gasteiger partial charge in [0.05, 0.1) is 0 Å². The maximum Gasteiger partial charge on any atom is 0.261 e. The molecule has 1 saturated carbocycles. The minimum absolute atomic E-state index is 0.238. The summed E-state index contributed by atoms with van der Waals surface area (Å²) in [5.41, 5.74) is 1.95. The van der Waals surface area contributed by atoms with Crippen molar-refractivity contribution >= 4 is 5.91 Å². The van der Waals surface area contributed by atoms with E-state index in [1.54, 1.807) is 6.07 Å². The number of nitrogens with one attached hydrogen (secondary N) is 2. The SMILES string of the molecule is CCc1cc(C(=O)NC2CCC2)c(=O)[nH]c1CC. The van der Waals surface area contributed by atoms with E-state index in [1.165, 1.54) is 0 Å². The lowest BCUT2D eigenvalue weighted by atomic mass is 9.93. The Morgan fingerprint density at radius 2 is 2.11 bits per heavy atom. The second kappa shape index (κ2) is 5.38. The molecule has 0 aliphatic heterocycles. The van der Waals surface area contributed by atoms with Gasteiger partial charge in [-0.3, -0.25) is 9.59 Å². The molecule has 0 atom stereocenters. The number of pyridine rings is 1. The quantitative estimate of drug-likeness (QED) is 0.853. The Balaban J connectivity index is 2.26. The molecule has 0 spiro atoms. The molecular formula is C14H20N2O2. The largest absolute Gasteiger partial charge is 0.349 e. The smallest absolute Gasteiger partial charge is 0.261 e. The molecule has 0 radical (unpaired) electrons. The number of carbonyl (C=O) groups excluding carboxylic acids is 1. The van der Waals surface area contributed by atoms with Gasteiger partial charge in [-0.1, -0.05) is 13.8 Å². The van der Waals surface area contributed by atoms with E-state index in [-0.39, 0.29) is 23.1 Å². The van der Waals surface area contributed by atoms with E-state index in [0.717, 1.165) is 43.4 Å². The Morgan fingerprint density at radius 1 is 1.39 bits per heavy atom. The maximum absolute atomic E-state index is 12.0. The lowest BCUT2D eigenvalue weighted by Crippen LogP contribution is -2.41. The summed E-state index contributed by atoms with van der Waals surface area (Å²) >= 11 is 0. The van der Waals surface area contributed by atoms with Gasteiger partial charge >= 0.3 is 0 Å². The predicted molar refractivity (Wildman–Crippen MR) is 70.9 cm³/mol. The summed E-state index contributed by atoms with van der Waals surface area (Å²) in [4.78, 5) is 26.7. The zero-order valence-electron chi connectivity index (χ0n) is 11.0. The summed E-state index contributed by atoms with van der Waals surface area (Å²) < 4.78 is 0. The van der Waals surface area contributed by atoms with E-state index < -0.39 is 0 Å². The van der Waals surface area contributed by atoms with Crippen molar-refractivity contribution in [3.8, 4) is 0 Å². The average Bonchev–Trinajstić information content (AvgIpc) is 2.33. The maximum atomic E-state index is 12.0. The van der Waals surface area contributed by atoms with Crippen LogP contribution < -0.4 is 10.9 Å². The Labute approximate surface area is 107 Å². The highest BCUT2D eigenvalue weighted by atomic mass is 16.2. The van der Waals surface area contributed by atoms with Gasteiger partial charge in [-0.05, 0) is 43.7 Å². The van der Waals surface area contributed by atoms with Crippen LogP contribution in [0.1, 0.15) is 54.7 Å². The topological polar surface area (TPSA) is 62.0 Å². The van der Waals surface area contributed by atoms with Gasteiger partial charge in [0.25, 0.3) is 11.5 Å². The van der Waals surface area contributed by atoms with Crippen LogP contribution >= 0.6 is 0 Å². The number of carbonyl (C=O) groups is 1. The zero-order valence-corrected chi connectivity index (χ0v) is 11.0. The first-order valence-electron chi connectivity index (χ1n) is 6.71. The minimum Gasteiger partial charge on any atom is -0.349 e. The van der Waals surface area contributed by atoms with Crippen molar-refractivity contribution in [3.63, 3.8) is 0 Å². The molecule has 0 bridgehead atoms. The highest BCUT2D eigenvalue weighted by Crippen LogP contribution is 2.18. The van der Waals surface area contributed by atoms with E-state index in [4.69, 9.17) is 0 Å². The summed E-state index contributed by atoms with van der Waals surface area (Å²) in [7, 11) is 0. The molecule has 1 aliphatic carbocycles. The molecule has 1 aromatic heterocycles. The molecule has 4 heteroatoms. The van der Waals surface area contributed by atoms with Crippen LogP contribution in [0.5, 0.6) is 0 Å². The Bertz CT molecular complexity index is 501. The van der Waals surface area contributed by atoms with Gasteiger partial charge in [0.15, 0.2) is 0 Å². The van der Waals surface area contributed by atoms with Gasteiger partial charge in [-0.25, -0.2) is 0 Å². The molecule has 2 N–H and O–H groups in total. The summed E-state index contributed by atoms with van der Waals surface area (Å²) in [5.74, 6) is -0.238. The Kier molecular flexibility index (Phi) is 3.84. The summed E-state index contributed by atoms with van der Waals surface area (Å²) in [6.07, 6.45) is 4.82. The highest BCUT2D eigenvalue weighted by molar-refractivity contribution is 5.94. The molecule has 0 aromatic carbocycles. The fourth-order valence-corrected chi connectivity index (χ4v) is 2.23. The van der Waals surface area contributed by atoms with Crippen molar-refractivity contribution in [2.24, 2.45) is 0 Å². The standard InChI is InChI=1S/C14H20N2O2/c1-3-9-8-11(14(18)16-12(9)4-2)13(17)15-10-6-5-7-10/h8,10H,3-7H2,1-2H3,(H,15,17)(H,16,18). The second-order valence-electron chi connectivity index (χ2n) is 4.82. The summed E-state index contributed by atoms with van der Waals surface area (Å²) in [5, 5.41) is 2.90. The van der Waals surface area contributed by atoms with Crippen molar-refractivity contribution in [2.75, 3.05) is 0 Å². The Hall–Kier alpha value is -1.58. The molecule has 1 heterocycles. The van der Waals surface area contributed by atoms with Crippen molar-refractivity contribution in [2.45, 2.75) is 52.0 Å². The van der Waals surface area contributed by atoms with Gasteiger partial charge in [-0.2, -0.15) is 0 Å². The number of hydrogen-bond donors (Lipinski definition) is 2. The van der Waals surface area contributed by atoms with Gasteiger partial charge in [0, 0.05) is 11.7 Å². The van der Waals surface area contributed by atoms with Crippen LogP contribution in [0.2, 0.25) is 0 Å². The number of aromatic nitrogens is 1. The fraction of sp³-hybridized carbons (Fsp3) is 0.571. The lowest BCUT2D eigenvalue weighted by Gasteiger charge is -2.26. The van der Waals surface area contributed by atoms with Crippen LogP contribution in [0.25, 0.3) is 0 Å². The van der Waals surface area contributed by atoms with Gasteiger partial charge < -0.3 is 10.3 Å². The number of aromatic amines is 1. The summed E-state index contributed by atoms with van der Waals surface area (Å²) in [6, 6.07) is 2.00. The van der Waals surface area contributed by atoms with Crippen LogP contribution in [0, 0.1) is 0 Å². The lowest BCUT2D eigenvalue weighted by molar-refractivity contribution is 0.0915. The number of aryl methyl sites for hydroxylation is 2. The van der Waals surface area contributed by atoms with E-state index in [9.17, 15) is 9.59 Å². The van der Waals surface area contributed by atoms with Crippen molar-refractivity contribution in [1.29, 1.82) is 0 Å². The molecule has 2 rings (SSSR count). The average molecular weight is 248 g/mol. The molecule has 4 nitrogen and oxygen atoms in total. The fourth-order valence-electron chi connectivity index (χ4n) is 2.23. The van der Waals surface area contributed by atoms with Crippen molar-refractivity contribution in [1.82, 2.24) is 10.3 Å². The van der Waals surface area contributed by atoms with Crippen LogP contribution in [0.3, 0.4) is 0 Å². The molecule has 98 valence electrons. The predicted octanol–water partition coefficient (Wildman–Crippen LogP) is 1.78. The molecule has 1 aromatic rings. The van der Waals surface area contributed by atoms with E-state index in [2.05, 4.69) is 10.3 Å². The molecule has 0 saturated heterocycles. The second-order valence-corrected chi connectivity index (χ2v) is 4.82. The molecule has 0 unspecified atom stereocenters. The zero-order chi connectivity index (χ0) is 13.1. The third kappa shape index (κ3) is 2.47. The van der Waals surface area contributed by atoms with Gasteiger partial charge in [0.2, 0.25) is 0 Å². The molecule has 1 amide bonds.